The molecule has 0 atom stereocenters. The van der Waals surface area contributed by atoms with E-state index in [1.54, 1.807) is 11.0 Å². The molecule has 0 aliphatic carbocycles. The summed E-state index contributed by atoms with van der Waals surface area (Å²) in [5.74, 6) is 0.583. The van der Waals surface area contributed by atoms with E-state index in [2.05, 4.69) is 4.98 Å². The Balaban J connectivity index is 1.57. The molecule has 0 bridgehead atoms. The van der Waals surface area contributed by atoms with E-state index in [-0.39, 0.29) is 30.5 Å². The number of pyridine rings is 1. The van der Waals surface area contributed by atoms with Crippen molar-refractivity contribution in [3.8, 4) is 5.75 Å². The van der Waals surface area contributed by atoms with Crippen LogP contribution in [0, 0.1) is 13.8 Å². The molecule has 1 aromatic heterocycles. The molecule has 1 fully saturated rings. The average molecular weight is 389 g/mol. The summed E-state index contributed by atoms with van der Waals surface area (Å²) in [7, 11) is -3.58. The van der Waals surface area contributed by atoms with Crippen LogP contribution in [-0.4, -0.2) is 61.3 Å². The highest BCUT2D eigenvalue weighted by Gasteiger charge is 2.30. The monoisotopic (exact) mass is 389 g/mol. The van der Waals surface area contributed by atoms with E-state index in [1.165, 1.54) is 22.8 Å². The van der Waals surface area contributed by atoms with Crippen molar-refractivity contribution in [2.75, 3.05) is 32.8 Å². The molecule has 0 unspecified atom stereocenters. The van der Waals surface area contributed by atoms with Gasteiger partial charge < -0.3 is 9.64 Å². The second-order valence-corrected chi connectivity index (χ2v) is 8.42. The van der Waals surface area contributed by atoms with Gasteiger partial charge >= 0.3 is 0 Å². The number of nitrogens with zero attached hydrogens (tertiary/aromatic N) is 3. The van der Waals surface area contributed by atoms with Crippen molar-refractivity contribution in [1.82, 2.24) is 14.2 Å². The third-order valence-electron chi connectivity index (χ3n) is 4.61. The highest BCUT2D eigenvalue weighted by Crippen LogP contribution is 2.22. The number of sulfonamides is 1. The average Bonchev–Trinajstić information content (AvgIpc) is 2.68. The van der Waals surface area contributed by atoms with Crippen LogP contribution in [0.1, 0.15) is 11.1 Å². The summed E-state index contributed by atoms with van der Waals surface area (Å²) in [6, 6.07) is 8.95. The highest BCUT2D eigenvalue weighted by molar-refractivity contribution is 7.89. The van der Waals surface area contributed by atoms with Gasteiger partial charge in [-0.25, -0.2) is 8.42 Å². The minimum atomic E-state index is -3.58. The van der Waals surface area contributed by atoms with Crippen molar-refractivity contribution in [1.29, 1.82) is 0 Å². The molecule has 0 N–H and O–H groups in total. The second-order valence-electron chi connectivity index (χ2n) is 6.48. The van der Waals surface area contributed by atoms with Crippen LogP contribution in [0.3, 0.4) is 0 Å². The van der Waals surface area contributed by atoms with Gasteiger partial charge in [-0.3, -0.25) is 9.78 Å². The van der Waals surface area contributed by atoms with Crippen LogP contribution in [0.4, 0.5) is 0 Å². The first-order valence-electron chi connectivity index (χ1n) is 8.76. The van der Waals surface area contributed by atoms with Gasteiger partial charge in [0.2, 0.25) is 10.0 Å². The SMILES string of the molecule is Cc1cccc(C)c1OCC(=O)N1CCN(S(=O)(=O)c2cccnc2)CC1. The molecule has 0 spiro atoms. The molecule has 144 valence electrons. The molecule has 3 rings (SSSR count). The predicted octanol–water partition coefficient (Wildman–Crippen LogP) is 1.61. The normalized spacial score (nSPS) is 15.6. The molecule has 1 aromatic carbocycles. The van der Waals surface area contributed by atoms with E-state index in [4.69, 9.17) is 4.74 Å². The van der Waals surface area contributed by atoms with Crippen molar-refractivity contribution in [3.63, 3.8) is 0 Å². The zero-order valence-corrected chi connectivity index (χ0v) is 16.3. The van der Waals surface area contributed by atoms with Gasteiger partial charge in [0.1, 0.15) is 10.6 Å². The number of aromatic nitrogens is 1. The lowest BCUT2D eigenvalue weighted by atomic mass is 10.1. The molecule has 1 saturated heterocycles. The summed E-state index contributed by atoms with van der Waals surface area (Å²) in [4.78, 5) is 18.1. The summed E-state index contributed by atoms with van der Waals surface area (Å²) < 4.78 is 32.3. The number of ether oxygens (including phenoxy) is 1. The Hall–Kier alpha value is -2.45. The summed E-state index contributed by atoms with van der Waals surface area (Å²) in [6.07, 6.45) is 2.87. The predicted molar refractivity (Wildman–Crippen MR) is 101 cm³/mol. The van der Waals surface area contributed by atoms with Crippen LogP contribution in [0.25, 0.3) is 0 Å². The first-order valence-corrected chi connectivity index (χ1v) is 10.2. The van der Waals surface area contributed by atoms with Crippen molar-refractivity contribution < 1.29 is 17.9 Å². The van der Waals surface area contributed by atoms with Gasteiger partial charge in [-0.2, -0.15) is 4.31 Å². The van der Waals surface area contributed by atoms with Crippen LogP contribution in [0.5, 0.6) is 5.75 Å². The third-order valence-corrected chi connectivity index (χ3v) is 6.49. The second kappa shape index (κ2) is 8.06. The Morgan fingerprint density at radius 3 is 2.33 bits per heavy atom. The number of carbonyl (C=O) groups excluding carboxylic acids is 1. The first kappa shape index (κ1) is 19.3. The Labute approximate surface area is 159 Å². The maximum Gasteiger partial charge on any atom is 0.260 e. The number of rotatable bonds is 5. The standard InChI is InChI=1S/C19H23N3O4S/c1-15-5-3-6-16(2)19(15)26-14-18(23)21-9-11-22(12-10-21)27(24,25)17-7-4-8-20-13-17/h3-8,13H,9-12,14H2,1-2H3. The number of benzene rings is 1. The largest absolute Gasteiger partial charge is 0.483 e. The van der Waals surface area contributed by atoms with Crippen LogP contribution >= 0.6 is 0 Å². The molecule has 1 aliphatic rings. The Kier molecular flexibility index (Phi) is 5.76. The molecule has 27 heavy (non-hydrogen) atoms. The minimum Gasteiger partial charge on any atom is -0.483 e. The van der Waals surface area contributed by atoms with Gasteiger partial charge in [-0.1, -0.05) is 18.2 Å². The number of piperazine rings is 1. The van der Waals surface area contributed by atoms with Crippen molar-refractivity contribution >= 4 is 15.9 Å². The zero-order chi connectivity index (χ0) is 19.4. The van der Waals surface area contributed by atoms with E-state index in [0.29, 0.717) is 13.1 Å². The fraction of sp³-hybridized carbons (Fsp3) is 0.368. The van der Waals surface area contributed by atoms with E-state index >= 15 is 0 Å². The zero-order valence-electron chi connectivity index (χ0n) is 15.5. The summed E-state index contributed by atoms with van der Waals surface area (Å²) in [6.45, 7) is 5.02. The summed E-state index contributed by atoms with van der Waals surface area (Å²) in [5.41, 5.74) is 1.96. The molecule has 0 radical (unpaired) electrons. The van der Waals surface area contributed by atoms with Crippen LogP contribution in [0.2, 0.25) is 0 Å². The van der Waals surface area contributed by atoms with Crippen molar-refractivity contribution in [3.05, 3.63) is 53.9 Å². The van der Waals surface area contributed by atoms with Crippen LogP contribution in [-0.2, 0) is 14.8 Å². The maximum atomic E-state index is 12.6. The molecule has 2 heterocycles. The fourth-order valence-electron chi connectivity index (χ4n) is 3.08. The number of amides is 1. The van der Waals surface area contributed by atoms with Crippen molar-refractivity contribution in [2.45, 2.75) is 18.7 Å². The Morgan fingerprint density at radius 2 is 1.74 bits per heavy atom. The smallest absolute Gasteiger partial charge is 0.260 e. The Morgan fingerprint density at radius 1 is 1.07 bits per heavy atom. The van der Waals surface area contributed by atoms with Gasteiger partial charge in [-0.15, -0.1) is 0 Å². The highest BCUT2D eigenvalue weighted by atomic mass is 32.2. The van der Waals surface area contributed by atoms with E-state index in [1.807, 2.05) is 32.0 Å². The molecule has 2 aromatic rings. The first-order chi connectivity index (χ1) is 12.9. The molecule has 8 heteroatoms. The van der Waals surface area contributed by atoms with Gasteiger partial charge in [0.05, 0.1) is 0 Å². The van der Waals surface area contributed by atoms with E-state index in [9.17, 15) is 13.2 Å². The van der Waals surface area contributed by atoms with E-state index < -0.39 is 10.0 Å². The molecule has 1 amide bonds. The number of hydrogen-bond acceptors (Lipinski definition) is 5. The minimum absolute atomic E-state index is 0.0545. The number of carbonyl (C=O) groups is 1. The topological polar surface area (TPSA) is 79.8 Å². The van der Waals surface area contributed by atoms with Crippen molar-refractivity contribution in [2.24, 2.45) is 0 Å². The lowest BCUT2D eigenvalue weighted by molar-refractivity contribution is -0.134. The molecule has 0 saturated carbocycles. The fourth-order valence-corrected chi connectivity index (χ4v) is 4.47. The van der Waals surface area contributed by atoms with Gasteiger partial charge in [0.25, 0.3) is 5.91 Å². The molecular formula is C19H23N3O4S. The van der Waals surface area contributed by atoms with Gasteiger partial charge in [0.15, 0.2) is 6.61 Å². The lowest BCUT2D eigenvalue weighted by Gasteiger charge is -2.34. The molecule has 1 aliphatic heterocycles. The van der Waals surface area contributed by atoms with E-state index in [0.717, 1.165) is 16.9 Å². The third kappa shape index (κ3) is 4.28. The van der Waals surface area contributed by atoms with Gasteiger partial charge in [-0.05, 0) is 37.1 Å². The summed E-state index contributed by atoms with van der Waals surface area (Å²) >= 11 is 0. The molecule has 7 nitrogen and oxygen atoms in total. The Bertz CT molecular complexity index is 888. The summed E-state index contributed by atoms with van der Waals surface area (Å²) in [5, 5.41) is 0. The number of hydrogen-bond donors (Lipinski definition) is 0. The van der Waals surface area contributed by atoms with Crippen LogP contribution < -0.4 is 4.74 Å². The van der Waals surface area contributed by atoms with Crippen LogP contribution in [0.15, 0.2) is 47.6 Å². The lowest BCUT2D eigenvalue weighted by Crippen LogP contribution is -2.51. The number of para-hydroxylation sites is 1. The molecular weight excluding hydrogens is 366 g/mol. The van der Waals surface area contributed by atoms with Gasteiger partial charge in [0, 0.05) is 38.6 Å². The number of aryl methyl sites for hydroxylation is 2. The quantitative estimate of drug-likeness (QED) is 0.776. The maximum absolute atomic E-state index is 12.6.